The summed E-state index contributed by atoms with van der Waals surface area (Å²) in [7, 11) is 0. The molecule has 1 amide bonds. The number of carbonyl (C=O) groups is 1. The van der Waals surface area contributed by atoms with E-state index in [-0.39, 0.29) is 17.9 Å². The molecule has 152 valence electrons. The fourth-order valence-corrected chi connectivity index (χ4v) is 3.56. The molecule has 0 atom stereocenters. The number of rotatable bonds is 6. The predicted octanol–water partition coefficient (Wildman–Crippen LogP) is 4.86. The van der Waals surface area contributed by atoms with Gasteiger partial charge in [0.1, 0.15) is 11.6 Å². The normalized spacial score (nSPS) is 12.0. The van der Waals surface area contributed by atoms with Crippen LogP contribution in [-0.2, 0) is 13.1 Å². The minimum absolute atomic E-state index is 0.0565. The molecule has 6 heteroatoms. The van der Waals surface area contributed by atoms with E-state index in [1.807, 2.05) is 25.1 Å². The van der Waals surface area contributed by atoms with Crippen molar-refractivity contribution in [2.24, 2.45) is 4.99 Å². The molecule has 5 nitrogen and oxygen atoms in total. The molecule has 1 N–H and O–H groups in total. The summed E-state index contributed by atoms with van der Waals surface area (Å²) >= 11 is 0. The standard InChI is InChI=1S/C24H21FN2O3/c1-2-30-23-12-17(9-10-21(23)16-5-4-8-20(25)11-16)24(28)27(29)15-19-7-3-6-18-13-26-14-22(18)19/h3-13,29H,2,14-15H2,1H3. The zero-order chi connectivity index (χ0) is 21.1. The van der Waals surface area contributed by atoms with E-state index < -0.39 is 5.91 Å². The van der Waals surface area contributed by atoms with E-state index in [0.717, 1.165) is 16.7 Å². The second-order valence-corrected chi connectivity index (χ2v) is 6.97. The van der Waals surface area contributed by atoms with Crippen LogP contribution in [0.5, 0.6) is 5.75 Å². The molecule has 0 saturated heterocycles. The summed E-state index contributed by atoms with van der Waals surface area (Å²) in [5, 5.41) is 11.1. The summed E-state index contributed by atoms with van der Waals surface area (Å²) in [6, 6.07) is 16.8. The van der Waals surface area contributed by atoms with Gasteiger partial charge in [-0.1, -0.05) is 30.3 Å². The number of fused-ring (bicyclic) bond motifs is 1. The Morgan fingerprint density at radius 3 is 2.80 bits per heavy atom. The molecule has 0 radical (unpaired) electrons. The third kappa shape index (κ3) is 3.95. The molecule has 0 fully saturated rings. The van der Waals surface area contributed by atoms with Crippen LogP contribution in [-0.4, -0.2) is 29.0 Å². The Bertz CT molecular complexity index is 1130. The molecule has 1 aliphatic rings. The minimum Gasteiger partial charge on any atom is -0.493 e. The van der Waals surface area contributed by atoms with Crippen molar-refractivity contribution in [3.05, 3.63) is 88.7 Å². The van der Waals surface area contributed by atoms with Gasteiger partial charge in [-0.05, 0) is 59.5 Å². The Labute approximate surface area is 174 Å². The highest BCUT2D eigenvalue weighted by molar-refractivity contribution is 5.95. The van der Waals surface area contributed by atoms with Gasteiger partial charge in [0.05, 0.1) is 19.7 Å². The SMILES string of the molecule is CCOc1cc(C(=O)N(O)Cc2cccc3c2CN=C3)ccc1-c1cccc(F)c1. The summed E-state index contributed by atoms with van der Waals surface area (Å²) in [6.07, 6.45) is 1.79. The number of carbonyl (C=O) groups excluding carboxylic acids is 1. The lowest BCUT2D eigenvalue weighted by atomic mass is 10.0. The molecule has 3 aromatic rings. The number of nitrogens with zero attached hydrogens (tertiary/aromatic N) is 2. The van der Waals surface area contributed by atoms with Crippen molar-refractivity contribution in [2.75, 3.05) is 6.61 Å². The first kappa shape index (κ1) is 19.8. The van der Waals surface area contributed by atoms with Crippen LogP contribution in [0.2, 0.25) is 0 Å². The first-order valence-electron chi connectivity index (χ1n) is 9.71. The third-order valence-electron chi connectivity index (χ3n) is 5.01. The molecule has 4 rings (SSSR count). The van der Waals surface area contributed by atoms with E-state index in [9.17, 15) is 14.4 Å². The monoisotopic (exact) mass is 404 g/mol. The predicted molar refractivity (Wildman–Crippen MR) is 112 cm³/mol. The highest BCUT2D eigenvalue weighted by atomic mass is 19.1. The average molecular weight is 404 g/mol. The maximum absolute atomic E-state index is 13.6. The molecule has 30 heavy (non-hydrogen) atoms. The van der Waals surface area contributed by atoms with Gasteiger partial charge < -0.3 is 4.74 Å². The molecule has 1 heterocycles. The van der Waals surface area contributed by atoms with Crippen molar-refractivity contribution >= 4 is 12.1 Å². The van der Waals surface area contributed by atoms with E-state index in [1.54, 1.807) is 36.5 Å². The Balaban J connectivity index is 1.59. The molecule has 3 aromatic carbocycles. The first-order chi connectivity index (χ1) is 14.6. The van der Waals surface area contributed by atoms with Crippen LogP contribution >= 0.6 is 0 Å². The number of halogens is 1. The molecular formula is C24H21FN2O3. The number of aliphatic imine (C=N–C) groups is 1. The van der Waals surface area contributed by atoms with E-state index in [4.69, 9.17) is 4.74 Å². The summed E-state index contributed by atoms with van der Waals surface area (Å²) in [5.74, 6) is -0.439. The average Bonchev–Trinajstić information content (AvgIpc) is 3.23. The zero-order valence-electron chi connectivity index (χ0n) is 16.5. The number of hydrogen-bond acceptors (Lipinski definition) is 4. The zero-order valence-corrected chi connectivity index (χ0v) is 16.5. The fourth-order valence-electron chi connectivity index (χ4n) is 3.56. The molecule has 0 aliphatic carbocycles. The van der Waals surface area contributed by atoms with Crippen molar-refractivity contribution < 1.29 is 19.1 Å². The Hall–Kier alpha value is -3.51. The number of hydrogen-bond donors (Lipinski definition) is 1. The number of amides is 1. The molecule has 1 aliphatic heterocycles. The third-order valence-corrected chi connectivity index (χ3v) is 5.01. The summed E-state index contributed by atoms with van der Waals surface area (Å²) < 4.78 is 19.3. The Morgan fingerprint density at radius 1 is 1.17 bits per heavy atom. The number of ether oxygens (including phenoxy) is 1. The van der Waals surface area contributed by atoms with Crippen LogP contribution in [0.4, 0.5) is 4.39 Å². The van der Waals surface area contributed by atoms with Gasteiger partial charge in [0.2, 0.25) is 0 Å². The first-order valence-corrected chi connectivity index (χ1v) is 9.71. The van der Waals surface area contributed by atoms with Gasteiger partial charge in [-0.2, -0.15) is 0 Å². The van der Waals surface area contributed by atoms with Gasteiger partial charge in [0.15, 0.2) is 0 Å². The maximum Gasteiger partial charge on any atom is 0.277 e. The molecule has 0 spiro atoms. The summed E-state index contributed by atoms with van der Waals surface area (Å²) in [5.41, 5.74) is 4.48. The maximum atomic E-state index is 13.6. The van der Waals surface area contributed by atoms with Gasteiger partial charge in [-0.25, -0.2) is 9.45 Å². The lowest BCUT2D eigenvalue weighted by Gasteiger charge is -2.18. The van der Waals surface area contributed by atoms with E-state index in [2.05, 4.69) is 4.99 Å². The molecule has 0 saturated carbocycles. The Kier molecular flexibility index (Phi) is 5.59. The van der Waals surface area contributed by atoms with E-state index >= 15 is 0 Å². The number of hydroxylamine groups is 2. The van der Waals surface area contributed by atoms with Crippen molar-refractivity contribution in [3.8, 4) is 16.9 Å². The lowest BCUT2D eigenvalue weighted by Crippen LogP contribution is -2.27. The van der Waals surface area contributed by atoms with Crippen LogP contribution < -0.4 is 4.74 Å². The van der Waals surface area contributed by atoms with Crippen LogP contribution in [0.25, 0.3) is 11.1 Å². The molecule has 0 bridgehead atoms. The minimum atomic E-state index is -0.543. The van der Waals surface area contributed by atoms with Gasteiger partial charge in [0, 0.05) is 17.3 Å². The molecule has 0 aromatic heterocycles. The van der Waals surface area contributed by atoms with Crippen molar-refractivity contribution in [1.82, 2.24) is 5.06 Å². The van der Waals surface area contributed by atoms with E-state index in [1.165, 1.54) is 12.1 Å². The van der Waals surface area contributed by atoms with Crippen molar-refractivity contribution in [3.63, 3.8) is 0 Å². The fraction of sp³-hybridized carbons (Fsp3) is 0.167. The van der Waals surface area contributed by atoms with Crippen LogP contribution in [0.3, 0.4) is 0 Å². The second kappa shape index (κ2) is 8.47. The lowest BCUT2D eigenvalue weighted by molar-refractivity contribution is -0.0649. The van der Waals surface area contributed by atoms with Crippen LogP contribution in [0.1, 0.15) is 34.0 Å². The van der Waals surface area contributed by atoms with Gasteiger partial charge >= 0.3 is 0 Å². The second-order valence-electron chi connectivity index (χ2n) is 6.97. The quantitative estimate of drug-likeness (QED) is 0.472. The molecular weight excluding hydrogens is 383 g/mol. The topological polar surface area (TPSA) is 62.1 Å². The summed E-state index contributed by atoms with van der Waals surface area (Å²) in [6.45, 7) is 2.82. The highest BCUT2D eigenvalue weighted by Gasteiger charge is 2.20. The van der Waals surface area contributed by atoms with Gasteiger partial charge in [0.25, 0.3) is 5.91 Å². The smallest absolute Gasteiger partial charge is 0.277 e. The largest absolute Gasteiger partial charge is 0.493 e. The molecule has 0 unspecified atom stereocenters. The summed E-state index contributed by atoms with van der Waals surface area (Å²) in [4.78, 5) is 17.1. The van der Waals surface area contributed by atoms with Crippen LogP contribution in [0.15, 0.2) is 65.7 Å². The van der Waals surface area contributed by atoms with E-state index in [0.29, 0.717) is 35.1 Å². The van der Waals surface area contributed by atoms with Gasteiger partial charge in [-0.15, -0.1) is 0 Å². The van der Waals surface area contributed by atoms with Crippen molar-refractivity contribution in [2.45, 2.75) is 20.0 Å². The van der Waals surface area contributed by atoms with Gasteiger partial charge in [-0.3, -0.25) is 15.0 Å². The number of benzene rings is 3. The van der Waals surface area contributed by atoms with Crippen molar-refractivity contribution in [1.29, 1.82) is 0 Å². The Morgan fingerprint density at radius 2 is 2.00 bits per heavy atom. The van der Waals surface area contributed by atoms with Crippen LogP contribution in [0, 0.1) is 5.82 Å². The highest BCUT2D eigenvalue weighted by Crippen LogP contribution is 2.32.